The number of rotatable bonds is 4. The van der Waals surface area contributed by atoms with Crippen LogP contribution in [-0.4, -0.2) is 11.5 Å². The molecule has 0 saturated heterocycles. The van der Waals surface area contributed by atoms with Crippen LogP contribution in [0.5, 0.6) is 0 Å². The summed E-state index contributed by atoms with van der Waals surface area (Å²) in [6.07, 6.45) is 1.79. The van der Waals surface area contributed by atoms with Gasteiger partial charge in [-0.15, -0.1) is 11.3 Å². The zero-order valence-electron chi connectivity index (χ0n) is 10.2. The summed E-state index contributed by atoms with van der Waals surface area (Å²) in [6, 6.07) is 4.60. The van der Waals surface area contributed by atoms with Crippen molar-refractivity contribution >= 4 is 22.9 Å². The third-order valence-corrected chi connectivity index (χ3v) is 3.82. The second-order valence-electron chi connectivity index (χ2n) is 3.94. The molecule has 18 heavy (non-hydrogen) atoms. The van der Waals surface area contributed by atoms with Crippen molar-refractivity contribution in [1.82, 2.24) is 10.3 Å². The highest BCUT2D eigenvalue weighted by atomic mass is 35.5. The van der Waals surface area contributed by atoms with E-state index in [4.69, 9.17) is 11.6 Å². The Morgan fingerprint density at radius 3 is 2.83 bits per heavy atom. The molecule has 0 radical (unpaired) electrons. The van der Waals surface area contributed by atoms with Gasteiger partial charge in [0.2, 0.25) is 0 Å². The summed E-state index contributed by atoms with van der Waals surface area (Å²) in [6.45, 7) is 4.69. The molecule has 0 amide bonds. The van der Waals surface area contributed by atoms with Crippen molar-refractivity contribution < 1.29 is 4.39 Å². The molecule has 2 aromatic rings. The van der Waals surface area contributed by atoms with Crippen molar-refractivity contribution in [2.75, 3.05) is 6.54 Å². The summed E-state index contributed by atoms with van der Waals surface area (Å²) < 4.78 is 14.0. The van der Waals surface area contributed by atoms with Gasteiger partial charge in [0, 0.05) is 21.7 Å². The van der Waals surface area contributed by atoms with Crippen molar-refractivity contribution in [3.05, 3.63) is 50.7 Å². The first-order valence-corrected chi connectivity index (χ1v) is 6.92. The van der Waals surface area contributed by atoms with E-state index in [2.05, 4.69) is 10.3 Å². The molecule has 0 aliphatic heterocycles. The minimum absolute atomic E-state index is 0.168. The molecule has 1 atom stereocenters. The number of hydrogen-bond donors (Lipinski definition) is 1. The Morgan fingerprint density at radius 1 is 1.50 bits per heavy atom. The van der Waals surface area contributed by atoms with Crippen LogP contribution in [-0.2, 0) is 0 Å². The number of nitrogens with zero attached hydrogens (tertiary/aromatic N) is 1. The van der Waals surface area contributed by atoms with Gasteiger partial charge < -0.3 is 5.32 Å². The summed E-state index contributed by atoms with van der Waals surface area (Å²) in [4.78, 5) is 5.23. The maximum atomic E-state index is 14.0. The molecular weight excluding hydrogens is 271 g/mol. The average Bonchev–Trinajstić information content (AvgIpc) is 2.73. The van der Waals surface area contributed by atoms with Gasteiger partial charge in [-0.3, -0.25) is 0 Å². The lowest BCUT2D eigenvalue weighted by Gasteiger charge is -2.17. The van der Waals surface area contributed by atoms with Gasteiger partial charge >= 0.3 is 0 Å². The molecule has 1 unspecified atom stereocenters. The normalized spacial score (nSPS) is 12.7. The molecule has 1 aromatic heterocycles. The van der Waals surface area contributed by atoms with Crippen LogP contribution in [0.25, 0.3) is 0 Å². The van der Waals surface area contributed by atoms with Crippen molar-refractivity contribution in [3.63, 3.8) is 0 Å². The summed E-state index contributed by atoms with van der Waals surface area (Å²) in [5, 5.41) is 4.66. The van der Waals surface area contributed by atoms with Crippen LogP contribution < -0.4 is 5.32 Å². The minimum Gasteiger partial charge on any atom is -0.306 e. The van der Waals surface area contributed by atoms with Gasteiger partial charge in [-0.1, -0.05) is 24.6 Å². The van der Waals surface area contributed by atoms with Crippen molar-refractivity contribution in [2.24, 2.45) is 0 Å². The number of halogens is 2. The van der Waals surface area contributed by atoms with Crippen molar-refractivity contribution in [2.45, 2.75) is 19.9 Å². The topological polar surface area (TPSA) is 24.9 Å². The SMILES string of the molecule is CCNC(c1cnc(C)s1)c1ccc(Cl)cc1F. The zero-order valence-corrected chi connectivity index (χ0v) is 11.8. The van der Waals surface area contributed by atoms with E-state index in [1.54, 1.807) is 29.7 Å². The first kappa shape index (κ1) is 13.5. The van der Waals surface area contributed by atoms with Crippen LogP contribution in [0.1, 0.15) is 28.4 Å². The van der Waals surface area contributed by atoms with E-state index in [1.165, 1.54) is 6.07 Å². The van der Waals surface area contributed by atoms with Crippen LogP contribution in [0, 0.1) is 12.7 Å². The van der Waals surface area contributed by atoms with Crippen molar-refractivity contribution in [3.8, 4) is 0 Å². The van der Waals surface area contributed by atoms with Crippen LogP contribution >= 0.6 is 22.9 Å². The highest BCUT2D eigenvalue weighted by Crippen LogP contribution is 2.29. The standard InChI is InChI=1S/C13H14ClFN2S/c1-3-16-13(12-7-17-8(2)18-12)10-5-4-9(14)6-11(10)15/h4-7,13,16H,3H2,1-2H3. The van der Waals surface area contributed by atoms with Crippen LogP contribution in [0.4, 0.5) is 4.39 Å². The predicted octanol–water partition coefficient (Wildman–Crippen LogP) is 3.94. The lowest BCUT2D eigenvalue weighted by molar-refractivity contribution is 0.563. The molecule has 5 heteroatoms. The van der Waals surface area contributed by atoms with Crippen LogP contribution in [0.2, 0.25) is 5.02 Å². The molecule has 0 fully saturated rings. The minimum atomic E-state index is -0.292. The maximum absolute atomic E-state index is 14.0. The maximum Gasteiger partial charge on any atom is 0.129 e. The highest BCUT2D eigenvalue weighted by Gasteiger charge is 2.19. The third kappa shape index (κ3) is 2.88. The Bertz CT molecular complexity index is 542. The Morgan fingerprint density at radius 2 is 2.28 bits per heavy atom. The van der Waals surface area contributed by atoms with Gasteiger partial charge in [0.15, 0.2) is 0 Å². The van der Waals surface area contributed by atoms with Gasteiger partial charge in [-0.25, -0.2) is 9.37 Å². The van der Waals surface area contributed by atoms with Gasteiger partial charge in [-0.2, -0.15) is 0 Å². The van der Waals surface area contributed by atoms with Gasteiger partial charge in [0.1, 0.15) is 5.82 Å². The summed E-state index contributed by atoms with van der Waals surface area (Å²) in [5.41, 5.74) is 0.602. The van der Waals surface area contributed by atoms with Gasteiger partial charge in [0.05, 0.1) is 11.0 Å². The molecule has 2 rings (SSSR count). The van der Waals surface area contributed by atoms with E-state index in [1.807, 2.05) is 13.8 Å². The third-order valence-electron chi connectivity index (χ3n) is 2.61. The van der Waals surface area contributed by atoms with E-state index in [0.29, 0.717) is 10.6 Å². The smallest absolute Gasteiger partial charge is 0.129 e. The Hall–Kier alpha value is -0.970. The molecule has 1 N–H and O–H groups in total. The predicted molar refractivity (Wildman–Crippen MR) is 73.8 cm³/mol. The Balaban J connectivity index is 2.41. The lowest BCUT2D eigenvalue weighted by atomic mass is 10.1. The fourth-order valence-corrected chi connectivity index (χ4v) is 2.85. The zero-order chi connectivity index (χ0) is 13.1. The molecule has 1 aromatic carbocycles. The number of thiazole rings is 1. The molecule has 96 valence electrons. The fraction of sp³-hybridized carbons (Fsp3) is 0.308. The largest absolute Gasteiger partial charge is 0.306 e. The number of aromatic nitrogens is 1. The second kappa shape index (κ2) is 5.78. The monoisotopic (exact) mass is 284 g/mol. The fourth-order valence-electron chi connectivity index (χ4n) is 1.81. The van der Waals surface area contributed by atoms with Crippen molar-refractivity contribution in [1.29, 1.82) is 0 Å². The Labute approximate surface area is 115 Å². The molecule has 0 aliphatic carbocycles. The van der Waals surface area contributed by atoms with Crippen LogP contribution in [0.3, 0.4) is 0 Å². The molecule has 0 bridgehead atoms. The van der Waals surface area contributed by atoms with Crippen LogP contribution in [0.15, 0.2) is 24.4 Å². The van der Waals surface area contributed by atoms with E-state index < -0.39 is 0 Å². The number of hydrogen-bond acceptors (Lipinski definition) is 3. The highest BCUT2D eigenvalue weighted by molar-refractivity contribution is 7.11. The summed E-state index contributed by atoms with van der Waals surface area (Å²) in [5.74, 6) is -0.292. The molecule has 1 heterocycles. The second-order valence-corrected chi connectivity index (χ2v) is 5.64. The average molecular weight is 285 g/mol. The molecule has 0 spiro atoms. The first-order chi connectivity index (χ1) is 8.61. The first-order valence-electron chi connectivity index (χ1n) is 5.72. The summed E-state index contributed by atoms with van der Waals surface area (Å²) >= 11 is 7.35. The van der Waals surface area contributed by atoms with Gasteiger partial charge in [0.25, 0.3) is 0 Å². The molecule has 0 saturated carbocycles. The van der Waals surface area contributed by atoms with E-state index in [9.17, 15) is 4.39 Å². The quantitative estimate of drug-likeness (QED) is 0.920. The molecule has 2 nitrogen and oxygen atoms in total. The number of nitrogens with one attached hydrogen (secondary N) is 1. The summed E-state index contributed by atoms with van der Waals surface area (Å²) in [7, 11) is 0. The lowest BCUT2D eigenvalue weighted by Crippen LogP contribution is -2.22. The van der Waals surface area contributed by atoms with Gasteiger partial charge in [-0.05, 0) is 25.6 Å². The number of aryl methyl sites for hydroxylation is 1. The molecular formula is C13H14ClFN2S. The van der Waals surface area contributed by atoms with E-state index in [0.717, 1.165) is 16.4 Å². The van der Waals surface area contributed by atoms with E-state index in [-0.39, 0.29) is 11.9 Å². The number of benzene rings is 1. The van der Waals surface area contributed by atoms with E-state index >= 15 is 0 Å². The Kier molecular flexibility index (Phi) is 4.32. The molecule has 0 aliphatic rings.